The molecule has 0 amide bonds. The van der Waals surface area contributed by atoms with Crippen LogP contribution in [0, 0.1) is 0 Å². The second kappa shape index (κ2) is 9.63. The maximum Gasteiger partial charge on any atom is 0.193 e. The van der Waals surface area contributed by atoms with Crippen LogP contribution in [0.15, 0.2) is 29.3 Å². The third-order valence-corrected chi connectivity index (χ3v) is 4.08. The lowest BCUT2D eigenvalue weighted by Crippen LogP contribution is -2.47. The van der Waals surface area contributed by atoms with Crippen molar-refractivity contribution in [3.05, 3.63) is 29.3 Å². The average Bonchev–Trinajstić information content (AvgIpc) is 2.58. The molecular weight excluding hydrogens is 314 g/mol. The molecule has 23 heavy (non-hydrogen) atoms. The second-order valence-corrected chi connectivity index (χ2v) is 5.85. The Hall–Kier alpha value is -1.46. The van der Waals surface area contributed by atoms with E-state index in [9.17, 15) is 0 Å². The van der Waals surface area contributed by atoms with E-state index in [-0.39, 0.29) is 0 Å². The number of aliphatic imine (C=N–C) groups is 1. The molecule has 1 aliphatic rings. The molecule has 1 heterocycles. The number of guanidine groups is 1. The van der Waals surface area contributed by atoms with Crippen molar-refractivity contribution in [1.29, 1.82) is 0 Å². The third-order valence-electron chi connectivity index (χ3n) is 3.82. The maximum absolute atomic E-state index is 5.85. The summed E-state index contributed by atoms with van der Waals surface area (Å²) in [6, 6.07) is 7.39. The summed E-state index contributed by atoms with van der Waals surface area (Å²) in [7, 11) is 1.82. The van der Waals surface area contributed by atoms with Crippen LogP contribution in [0.2, 0.25) is 5.02 Å². The van der Waals surface area contributed by atoms with Gasteiger partial charge in [-0.2, -0.15) is 0 Å². The number of rotatable bonds is 6. The van der Waals surface area contributed by atoms with Crippen LogP contribution in [0.3, 0.4) is 0 Å². The van der Waals surface area contributed by atoms with Crippen molar-refractivity contribution in [2.75, 3.05) is 39.9 Å². The van der Waals surface area contributed by atoms with Gasteiger partial charge < -0.3 is 19.7 Å². The lowest BCUT2D eigenvalue weighted by atomic mass is 10.1. The molecule has 1 N–H and O–H groups in total. The van der Waals surface area contributed by atoms with E-state index in [0.717, 1.165) is 44.2 Å². The highest BCUT2D eigenvalue weighted by Crippen LogP contribution is 2.15. The average molecular weight is 340 g/mol. The van der Waals surface area contributed by atoms with Gasteiger partial charge in [0.15, 0.2) is 5.96 Å². The fourth-order valence-electron chi connectivity index (χ4n) is 2.66. The van der Waals surface area contributed by atoms with Gasteiger partial charge in [-0.05, 0) is 44.0 Å². The molecule has 1 fully saturated rings. The number of likely N-dealkylation sites (tertiary alicyclic amines) is 1. The first-order chi connectivity index (χ1) is 11.2. The smallest absolute Gasteiger partial charge is 0.193 e. The number of benzene rings is 1. The van der Waals surface area contributed by atoms with Crippen LogP contribution < -0.4 is 10.1 Å². The molecule has 0 saturated carbocycles. The third kappa shape index (κ3) is 5.92. The van der Waals surface area contributed by atoms with Gasteiger partial charge in [0.25, 0.3) is 0 Å². The minimum atomic E-state index is 0.391. The van der Waals surface area contributed by atoms with Gasteiger partial charge in [-0.15, -0.1) is 0 Å². The van der Waals surface area contributed by atoms with E-state index in [0.29, 0.717) is 24.3 Å². The Morgan fingerprint density at radius 2 is 2.00 bits per heavy atom. The Labute approximate surface area is 143 Å². The Kier molecular flexibility index (Phi) is 7.49. The molecule has 0 unspecified atom stereocenters. The van der Waals surface area contributed by atoms with Crippen molar-refractivity contribution in [3.8, 4) is 5.75 Å². The van der Waals surface area contributed by atoms with E-state index in [1.54, 1.807) is 0 Å². The van der Waals surface area contributed by atoms with E-state index in [1.807, 2.05) is 38.2 Å². The number of hydrogen-bond acceptors (Lipinski definition) is 3. The van der Waals surface area contributed by atoms with Gasteiger partial charge in [-0.25, -0.2) is 0 Å². The molecule has 0 spiro atoms. The predicted octanol–water partition coefficient (Wildman–Crippen LogP) is 2.80. The molecule has 0 radical (unpaired) electrons. The highest BCUT2D eigenvalue weighted by molar-refractivity contribution is 6.30. The summed E-state index contributed by atoms with van der Waals surface area (Å²) in [6.45, 7) is 6.08. The van der Waals surface area contributed by atoms with E-state index in [4.69, 9.17) is 21.1 Å². The Morgan fingerprint density at radius 3 is 2.61 bits per heavy atom. The van der Waals surface area contributed by atoms with Crippen molar-refractivity contribution in [1.82, 2.24) is 10.2 Å². The maximum atomic E-state index is 5.85. The first kappa shape index (κ1) is 17.9. The predicted molar refractivity (Wildman–Crippen MR) is 94.5 cm³/mol. The molecular formula is C17H26ClN3O2. The molecule has 1 aliphatic heterocycles. The van der Waals surface area contributed by atoms with Crippen LogP contribution in [0.4, 0.5) is 0 Å². The van der Waals surface area contributed by atoms with Crippen LogP contribution >= 0.6 is 11.6 Å². The van der Waals surface area contributed by atoms with Crippen LogP contribution in [-0.4, -0.2) is 56.9 Å². The van der Waals surface area contributed by atoms with E-state index in [2.05, 4.69) is 15.2 Å². The van der Waals surface area contributed by atoms with Gasteiger partial charge >= 0.3 is 0 Å². The standard InChI is InChI=1S/C17H26ClN3O2/c1-3-22-16-8-11-21(12-9-16)17(19-2)20-10-13-23-15-6-4-14(18)5-7-15/h4-7,16H,3,8-13H2,1-2H3,(H,19,20). The fraction of sp³-hybridized carbons (Fsp3) is 0.588. The fourth-order valence-corrected chi connectivity index (χ4v) is 2.79. The zero-order valence-electron chi connectivity index (χ0n) is 13.9. The Morgan fingerprint density at radius 1 is 1.30 bits per heavy atom. The van der Waals surface area contributed by atoms with Gasteiger partial charge in [0, 0.05) is 31.8 Å². The second-order valence-electron chi connectivity index (χ2n) is 5.42. The van der Waals surface area contributed by atoms with Crippen molar-refractivity contribution < 1.29 is 9.47 Å². The molecule has 2 rings (SSSR count). The van der Waals surface area contributed by atoms with Crippen LogP contribution in [0.1, 0.15) is 19.8 Å². The van der Waals surface area contributed by atoms with Crippen molar-refractivity contribution >= 4 is 17.6 Å². The summed E-state index contributed by atoms with van der Waals surface area (Å²) in [5.74, 6) is 1.75. The zero-order valence-corrected chi connectivity index (χ0v) is 14.7. The summed E-state index contributed by atoms with van der Waals surface area (Å²) < 4.78 is 11.4. The number of hydrogen-bond donors (Lipinski definition) is 1. The lowest BCUT2D eigenvalue weighted by Gasteiger charge is -2.34. The van der Waals surface area contributed by atoms with E-state index in [1.165, 1.54) is 0 Å². The molecule has 0 aromatic heterocycles. The van der Waals surface area contributed by atoms with Crippen LogP contribution in [-0.2, 0) is 4.74 Å². The summed E-state index contributed by atoms with van der Waals surface area (Å²) >= 11 is 5.85. The zero-order chi connectivity index (χ0) is 16.5. The van der Waals surface area contributed by atoms with Gasteiger partial charge in [-0.1, -0.05) is 11.6 Å². The summed E-state index contributed by atoms with van der Waals surface area (Å²) in [5, 5.41) is 4.07. The van der Waals surface area contributed by atoms with E-state index >= 15 is 0 Å². The van der Waals surface area contributed by atoms with Gasteiger partial charge in [-0.3, -0.25) is 4.99 Å². The summed E-state index contributed by atoms with van der Waals surface area (Å²) in [5.41, 5.74) is 0. The SMILES string of the molecule is CCOC1CCN(C(=NC)NCCOc2ccc(Cl)cc2)CC1. The normalized spacial score (nSPS) is 16.5. The number of nitrogens with zero attached hydrogens (tertiary/aromatic N) is 2. The van der Waals surface area contributed by atoms with Gasteiger partial charge in [0.1, 0.15) is 12.4 Å². The minimum absolute atomic E-state index is 0.391. The first-order valence-corrected chi connectivity index (χ1v) is 8.56. The van der Waals surface area contributed by atoms with E-state index < -0.39 is 0 Å². The molecule has 1 saturated heterocycles. The van der Waals surface area contributed by atoms with Crippen molar-refractivity contribution in [2.24, 2.45) is 4.99 Å². The molecule has 6 heteroatoms. The largest absolute Gasteiger partial charge is 0.492 e. The molecule has 0 bridgehead atoms. The number of piperidine rings is 1. The summed E-state index contributed by atoms with van der Waals surface area (Å²) in [6.07, 6.45) is 2.49. The number of nitrogens with one attached hydrogen (secondary N) is 1. The quantitative estimate of drug-likeness (QED) is 0.492. The van der Waals surface area contributed by atoms with Gasteiger partial charge in [0.05, 0.1) is 12.6 Å². The lowest BCUT2D eigenvalue weighted by molar-refractivity contribution is 0.0263. The molecule has 0 aliphatic carbocycles. The topological polar surface area (TPSA) is 46.1 Å². The van der Waals surface area contributed by atoms with Gasteiger partial charge in [0.2, 0.25) is 0 Å². The first-order valence-electron chi connectivity index (χ1n) is 8.18. The monoisotopic (exact) mass is 339 g/mol. The molecule has 5 nitrogen and oxygen atoms in total. The molecule has 0 atom stereocenters. The molecule has 1 aromatic rings. The Bertz CT molecular complexity index is 485. The number of ether oxygens (including phenoxy) is 2. The highest BCUT2D eigenvalue weighted by Gasteiger charge is 2.21. The van der Waals surface area contributed by atoms with Crippen molar-refractivity contribution in [2.45, 2.75) is 25.9 Å². The summed E-state index contributed by atoms with van der Waals surface area (Å²) in [4.78, 5) is 6.63. The van der Waals surface area contributed by atoms with Crippen molar-refractivity contribution in [3.63, 3.8) is 0 Å². The minimum Gasteiger partial charge on any atom is -0.492 e. The highest BCUT2D eigenvalue weighted by atomic mass is 35.5. The Balaban J connectivity index is 1.68. The van der Waals surface area contributed by atoms with Crippen LogP contribution in [0.5, 0.6) is 5.75 Å². The molecule has 128 valence electrons. The van der Waals surface area contributed by atoms with Crippen LogP contribution in [0.25, 0.3) is 0 Å². The molecule has 1 aromatic carbocycles. The number of halogens is 1.